The molecular weight excluding hydrogens is 573 g/mol. The first-order chi connectivity index (χ1) is 23.3. The van der Waals surface area contributed by atoms with Crippen molar-refractivity contribution in [1.29, 1.82) is 5.26 Å². The highest BCUT2D eigenvalue weighted by molar-refractivity contribution is 6.31. The minimum Gasteiger partial charge on any atom is -0.309 e. The van der Waals surface area contributed by atoms with E-state index in [2.05, 4.69) is 159 Å². The van der Waals surface area contributed by atoms with Crippen LogP contribution >= 0.6 is 0 Å². The average Bonchev–Trinajstić information content (AvgIpc) is 3.78. The zero-order valence-electron chi connectivity index (χ0n) is 25.3. The van der Waals surface area contributed by atoms with E-state index in [1.807, 2.05) is 18.2 Å². The van der Waals surface area contributed by atoms with Gasteiger partial charge in [0.1, 0.15) is 6.07 Å². The Morgan fingerprint density at radius 3 is 1.32 bits per heavy atom. The molecule has 0 amide bonds. The minimum absolute atomic E-state index is 0.638. The van der Waals surface area contributed by atoms with Crippen LogP contribution in [0.5, 0.6) is 0 Å². The normalized spacial score (nSPS) is 11.8. The smallest absolute Gasteiger partial charge is 0.101 e. The minimum atomic E-state index is 0.638. The molecule has 0 saturated carbocycles. The lowest BCUT2D eigenvalue weighted by atomic mass is 10.1. The summed E-state index contributed by atoms with van der Waals surface area (Å²) < 4.78 is 7.09. The number of benzene rings is 7. The molecule has 0 aliphatic heterocycles. The molecule has 0 aliphatic carbocycles. The van der Waals surface area contributed by atoms with E-state index < -0.39 is 0 Å². The van der Waals surface area contributed by atoms with E-state index in [0.29, 0.717) is 5.56 Å². The molecule has 0 N–H and O–H groups in total. The van der Waals surface area contributed by atoms with E-state index in [1.165, 1.54) is 21.5 Å². The second kappa shape index (κ2) is 9.71. The number of para-hydroxylation sites is 5. The molecule has 3 aromatic heterocycles. The van der Waals surface area contributed by atoms with Crippen LogP contribution in [0, 0.1) is 11.3 Å². The number of fused-ring (bicyclic) bond motifs is 11. The van der Waals surface area contributed by atoms with E-state index in [-0.39, 0.29) is 0 Å². The third-order valence-electron chi connectivity index (χ3n) is 9.65. The van der Waals surface area contributed by atoms with Crippen molar-refractivity contribution in [3.05, 3.63) is 163 Å². The lowest BCUT2D eigenvalue weighted by Crippen LogP contribution is -1.98. The molecule has 0 aliphatic rings. The average molecular weight is 599 g/mol. The molecule has 0 unspecified atom stereocenters. The van der Waals surface area contributed by atoms with Gasteiger partial charge in [0.25, 0.3) is 0 Å². The molecule has 4 heteroatoms. The predicted octanol–water partition coefficient (Wildman–Crippen LogP) is 10.8. The Kier molecular flexibility index (Phi) is 5.32. The van der Waals surface area contributed by atoms with E-state index in [9.17, 15) is 5.26 Å². The van der Waals surface area contributed by atoms with Crippen LogP contribution in [-0.2, 0) is 0 Å². The highest BCUT2D eigenvalue weighted by Crippen LogP contribution is 2.46. The molecule has 0 fully saturated rings. The number of rotatable bonds is 3. The van der Waals surface area contributed by atoms with Crippen molar-refractivity contribution in [3.63, 3.8) is 0 Å². The zero-order chi connectivity index (χ0) is 31.1. The van der Waals surface area contributed by atoms with Gasteiger partial charge in [-0.1, -0.05) is 97.1 Å². The molecule has 0 spiro atoms. The second-order valence-corrected chi connectivity index (χ2v) is 12.1. The van der Waals surface area contributed by atoms with Gasteiger partial charge in [-0.15, -0.1) is 0 Å². The van der Waals surface area contributed by atoms with Crippen molar-refractivity contribution in [2.75, 3.05) is 0 Å². The maximum atomic E-state index is 10.5. The van der Waals surface area contributed by atoms with Gasteiger partial charge < -0.3 is 13.7 Å². The summed E-state index contributed by atoms with van der Waals surface area (Å²) in [6.07, 6.45) is 0. The van der Waals surface area contributed by atoms with Crippen molar-refractivity contribution in [3.8, 4) is 23.1 Å². The molecule has 0 radical (unpaired) electrons. The molecule has 218 valence electrons. The summed E-state index contributed by atoms with van der Waals surface area (Å²) in [6.45, 7) is 0. The SMILES string of the molecule is N#Cc1ccccc1-n1c2c(ccc3c2c2ccccc2n3-c2ccccc2)c2ccc3c(c4ccccc4n3-c3ccccc3)c21. The van der Waals surface area contributed by atoms with Crippen molar-refractivity contribution < 1.29 is 0 Å². The van der Waals surface area contributed by atoms with Gasteiger partial charge in [-0.3, -0.25) is 0 Å². The van der Waals surface area contributed by atoms with Gasteiger partial charge in [-0.25, -0.2) is 0 Å². The van der Waals surface area contributed by atoms with Gasteiger partial charge in [0.05, 0.1) is 44.4 Å². The summed E-state index contributed by atoms with van der Waals surface area (Å²) in [5.41, 5.74) is 10.5. The molecular formula is C43H26N4. The number of hydrogen-bond acceptors (Lipinski definition) is 1. The van der Waals surface area contributed by atoms with E-state index in [0.717, 1.165) is 60.9 Å². The topological polar surface area (TPSA) is 38.6 Å². The summed E-state index contributed by atoms with van der Waals surface area (Å²) in [4.78, 5) is 0. The second-order valence-electron chi connectivity index (χ2n) is 12.1. The summed E-state index contributed by atoms with van der Waals surface area (Å²) >= 11 is 0. The first-order valence-electron chi connectivity index (χ1n) is 15.9. The summed E-state index contributed by atoms with van der Waals surface area (Å²) in [7, 11) is 0. The molecule has 10 rings (SSSR count). The Labute approximate surface area is 270 Å². The summed E-state index contributed by atoms with van der Waals surface area (Å²) in [6, 6.07) is 58.1. The Hall–Kier alpha value is -6.57. The van der Waals surface area contributed by atoms with Crippen LogP contribution in [0.3, 0.4) is 0 Å². The number of hydrogen-bond donors (Lipinski definition) is 0. The van der Waals surface area contributed by atoms with Gasteiger partial charge in [0.15, 0.2) is 0 Å². The molecule has 0 saturated heterocycles. The molecule has 3 heterocycles. The van der Waals surface area contributed by atoms with Crippen LogP contribution in [0.25, 0.3) is 82.5 Å². The van der Waals surface area contributed by atoms with Crippen molar-refractivity contribution in [2.24, 2.45) is 0 Å². The van der Waals surface area contributed by atoms with Crippen LogP contribution in [0.4, 0.5) is 0 Å². The fourth-order valence-electron chi connectivity index (χ4n) is 7.81. The molecule has 0 bridgehead atoms. The van der Waals surface area contributed by atoms with Crippen LogP contribution in [0.1, 0.15) is 5.56 Å². The standard InChI is InChI=1S/C43H26N4/c44-27-28-13-7-10-20-35(28)47-42-31(23-25-38-40(42)33-18-8-11-21-36(33)45(38)29-14-3-1-4-15-29)32-24-26-39-41(43(32)47)34-19-9-12-22-37(34)46(39)30-16-5-2-6-17-30/h1-26H. The fourth-order valence-corrected chi connectivity index (χ4v) is 7.81. The highest BCUT2D eigenvalue weighted by Gasteiger charge is 2.25. The Morgan fingerprint density at radius 1 is 0.362 bits per heavy atom. The van der Waals surface area contributed by atoms with Crippen LogP contribution in [0.15, 0.2) is 158 Å². The largest absolute Gasteiger partial charge is 0.309 e. The van der Waals surface area contributed by atoms with Gasteiger partial charge >= 0.3 is 0 Å². The summed E-state index contributed by atoms with van der Waals surface area (Å²) in [5.74, 6) is 0. The third kappa shape index (κ3) is 3.46. The zero-order valence-corrected chi connectivity index (χ0v) is 25.3. The number of aromatic nitrogens is 3. The third-order valence-corrected chi connectivity index (χ3v) is 9.65. The fraction of sp³-hybridized carbons (Fsp3) is 0. The monoisotopic (exact) mass is 598 g/mol. The first kappa shape index (κ1) is 25.7. The maximum Gasteiger partial charge on any atom is 0.101 e. The molecule has 7 aromatic carbocycles. The lowest BCUT2D eigenvalue weighted by molar-refractivity contribution is 1.17. The van der Waals surface area contributed by atoms with E-state index in [1.54, 1.807) is 0 Å². The van der Waals surface area contributed by atoms with Crippen LogP contribution in [-0.4, -0.2) is 13.7 Å². The van der Waals surface area contributed by atoms with Gasteiger partial charge in [-0.05, 0) is 60.7 Å². The van der Waals surface area contributed by atoms with Gasteiger partial charge in [-0.2, -0.15) is 5.26 Å². The Morgan fingerprint density at radius 2 is 0.809 bits per heavy atom. The number of nitriles is 1. The van der Waals surface area contributed by atoms with Crippen LogP contribution in [0.2, 0.25) is 0 Å². The maximum absolute atomic E-state index is 10.5. The van der Waals surface area contributed by atoms with Gasteiger partial charge in [0.2, 0.25) is 0 Å². The molecule has 10 aromatic rings. The van der Waals surface area contributed by atoms with Crippen molar-refractivity contribution in [2.45, 2.75) is 0 Å². The summed E-state index contributed by atoms with van der Waals surface area (Å²) in [5, 5.41) is 17.5. The molecule has 0 atom stereocenters. The van der Waals surface area contributed by atoms with Crippen molar-refractivity contribution in [1.82, 2.24) is 13.7 Å². The molecule has 47 heavy (non-hydrogen) atoms. The van der Waals surface area contributed by atoms with Gasteiger partial charge in [0, 0.05) is 43.7 Å². The first-order valence-corrected chi connectivity index (χ1v) is 15.9. The Balaban J connectivity index is 1.50. The van der Waals surface area contributed by atoms with E-state index >= 15 is 0 Å². The van der Waals surface area contributed by atoms with E-state index in [4.69, 9.17) is 0 Å². The number of nitrogens with zero attached hydrogens (tertiary/aromatic N) is 4. The lowest BCUT2D eigenvalue weighted by Gasteiger charge is -2.12. The highest BCUT2D eigenvalue weighted by atomic mass is 15.0. The quantitative estimate of drug-likeness (QED) is 0.199. The molecule has 4 nitrogen and oxygen atoms in total. The predicted molar refractivity (Wildman–Crippen MR) is 194 cm³/mol. The van der Waals surface area contributed by atoms with Crippen molar-refractivity contribution >= 4 is 65.4 Å². The van der Waals surface area contributed by atoms with Crippen LogP contribution < -0.4 is 0 Å². The Bertz CT molecular complexity index is 2730.